The molecule has 0 rings (SSSR count). The van der Waals surface area contributed by atoms with Gasteiger partial charge in [-0.25, -0.2) is 0 Å². The Morgan fingerprint density at radius 3 is 2.18 bits per heavy atom. The first-order valence-corrected chi connectivity index (χ1v) is 6.68. The third-order valence-corrected chi connectivity index (χ3v) is 2.88. The molecule has 0 radical (unpaired) electrons. The Kier molecular flexibility index (Phi) is 8.17. The molecule has 0 spiro atoms. The monoisotopic (exact) mass is 243 g/mol. The summed E-state index contributed by atoms with van der Waals surface area (Å²) in [6, 6.07) is -0.227. The van der Waals surface area contributed by atoms with Crippen LogP contribution in [0.4, 0.5) is 0 Å². The highest BCUT2D eigenvalue weighted by molar-refractivity contribution is 5.81. The summed E-state index contributed by atoms with van der Waals surface area (Å²) in [6.45, 7) is 13.3. The molecule has 0 aliphatic rings. The lowest BCUT2D eigenvalue weighted by Crippen LogP contribution is -2.48. The topological polar surface area (TPSA) is 58.4 Å². The Bertz CT molecular complexity index is 215. The Balaban J connectivity index is 4.02. The molecule has 0 aromatic carbocycles. The molecule has 2 atom stereocenters. The van der Waals surface area contributed by atoms with Crippen LogP contribution in [0.25, 0.3) is 0 Å². The van der Waals surface area contributed by atoms with Crippen LogP contribution in [0.2, 0.25) is 0 Å². The second kappa shape index (κ2) is 8.48. The van der Waals surface area contributed by atoms with Crippen molar-refractivity contribution in [3.8, 4) is 0 Å². The van der Waals surface area contributed by atoms with Gasteiger partial charge in [0.05, 0.1) is 6.04 Å². The normalized spacial score (nSPS) is 15.1. The maximum Gasteiger partial charge on any atom is 0.237 e. The molecule has 0 aliphatic heterocycles. The molecule has 0 bridgehead atoms. The highest BCUT2D eigenvalue weighted by atomic mass is 16.2. The van der Waals surface area contributed by atoms with Gasteiger partial charge in [0, 0.05) is 12.6 Å². The second-order valence-corrected chi connectivity index (χ2v) is 5.13. The van der Waals surface area contributed by atoms with Crippen LogP contribution in [0.5, 0.6) is 0 Å². The molecule has 17 heavy (non-hydrogen) atoms. The molecule has 0 aromatic heterocycles. The maximum absolute atomic E-state index is 11.8. The number of amides is 1. The van der Waals surface area contributed by atoms with Crippen LogP contribution >= 0.6 is 0 Å². The van der Waals surface area contributed by atoms with Crippen LogP contribution in [-0.2, 0) is 4.79 Å². The molecule has 0 saturated carbocycles. The fraction of sp³-hybridized carbons (Fsp3) is 0.923. The summed E-state index contributed by atoms with van der Waals surface area (Å²) >= 11 is 0. The van der Waals surface area contributed by atoms with Gasteiger partial charge in [-0.15, -0.1) is 0 Å². The van der Waals surface area contributed by atoms with E-state index in [0.717, 1.165) is 26.1 Å². The van der Waals surface area contributed by atoms with Gasteiger partial charge in [-0.05, 0) is 32.4 Å². The van der Waals surface area contributed by atoms with E-state index in [0.29, 0.717) is 5.92 Å². The number of likely N-dealkylation sites (N-methyl/N-ethyl adjacent to an activating group) is 1. The fourth-order valence-corrected chi connectivity index (χ4v) is 1.88. The fourth-order valence-electron chi connectivity index (χ4n) is 1.88. The first-order valence-electron chi connectivity index (χ1n) is 6.68. The molecule has 0 saturated heterocycles. The molecular formula is C13H29N3O. The summed E-state index contributed by atoms with van der Waals surface area (Å²) < 4.78 is 0. The summed E-state index contributed by atoms with van der Waals surface area (Å²) in [4.78, 5) is 14.1. The van der Waals surface area contributed by atoms with Gasteiger partial charge in [-0.2, -0.15) is 0 Å². The van der Waals surface area contributed by atoms with E-state index < -0.39 is 0 Å². The van der Waals surface area contributed by atoms with Gasteiger partial charge in [0.25, 0.3) is 0 Å². The van der Waals surface area contributed by atoms with E-state index in [-0.39, 0.29) is 18.0 Å². The maximum atomic E-state index is 11.8. The number of nitrogens with zero attached hydrogens (tertiary/aromatic N) is 1. The van der Waals surface area contributed by atoms with Gasteiger partial charge in [0.2, 0.25) is 5.91 Å². The number of rotatable bonds is 8. The highest BCUT2D eigenvalue weighted by Crippen LogP contribution is 2.03. The quantitative estimate of drug-likeness (QED) is 0.673. The van der Waals surface area contributed by atoms with Crippen LogP contribution in [0.15, 0.2) is 0 Å². The Morgan fingerprint density at radius 1 is 1.24 bits per heavy atom. The number of hydrogen-bond donors (Lipinski definition) is 2. The predicted octanol–water partition coefficient (Wildman–Crippen LogP) is 1.21. The largest absolute Gasteiger partial charge is 0.351 e. The van der Waals surface area contributed by atoms with Crippen molar-refractivity contribution in [2.24, 2.45) is 11.7 Å². The molecular weight excluding hydrogens is 214 g/mol. The first-order chi connectivity index (χ1) is 7.90. The lowest BCUT2D eigenvalue weighted by molar-refractivity contribution is -0.123. The molecule has 4 nitrogen and oxygen atoms in total. The van der Waals surface area contributed by atoms with Crippen molar-refractivity contribution in [2.75, 3.05) is 19.6 Å². The molecule has 2 unspecified atom stereocenters. The van der Waals surface area contributed by atoms with Gasteiger partial charge >= 0.3 is 0 Å². The minimum atomic E-state index is -0.380. The zero-order chi connectivity index (χ0) is 13.4. The number of carbonyl (C=O) groups is 1. The third-order valence-electron chi connectivity index (χ3n) is 2.88. The molecule has 0 aliphatic carbocycles. The van der Waals surface area contributed by atoms with Gasteiger partial charge in [0.15, 0.2) is 0 Å². The van der Waals surface area contributed by atoms with Gasteiger partial charge in [-0.3, -0.25) is 4.79 Å². The second-order valence-electron chi connectivity index (χ2n) is 5.13. The van der Waals surface area contributed by atoms with E-state index in [1.807, 2.05) is 6.92 Å². The Hall–Kier alpha value is -0.610. The van der Waals surface area contributed by atoms with Gasteiger partial charge in [-0.1, -0.05) is 27.7 Å². The summed E-state index contributed by atoms with van der Waals surface area (Å²) in [7, 11) is 0. The van der Waals surface area contributed by atoms with Crippen molar-refractivity contribution in [2.45, 2.75) is 53.1 Å². The molecule has 3 N–H and O–H groups in total. The standard InChI is InChI=1S/C13H29N3O/c1-6-16(7-2)9-11(5)15-13(17)12(14)8-10(3)4/h10-12H,6-9,14H2,1-5H3,(H,15,17). The van der Waals surface area contributed by atoms with Crippen LogP contribution in [-0.4, -0.2) is 42.5 Å². The van der Waals surface area contributed by atoms with Gasteiger partial charge in [0.1, 0.15) is 0 Å². The molecule has 0 heterocycles. The lowest BCUT2D eigenvalue weighted by Gasteiger charge is -2.24. The van der Waals surface area contributed by atoms with E-state index in [2.05, 4.69) is 37.9 Å². The Morgan fingerprint density at radius 2 is 1.76 bits per heavy atom. The number of carbonyl (C=O) groups excluding carboxylic acids is 1. The van der Waals surface area contributed by atoms with Crippen molar-refractivity contribution in [3.05, 3.63) is 0 Å². The zero-order valence-corrected chi connectivity index (χ0v) is 12.0. The summed E-state index contributed by atoms with van der Waals surface area (Å²) in [6.07, 6.45) is 0.740. The number of nitrogens with one attached hydrogen (secondary N) is 1. The summed E-state index contributed by atoms with van der Waals surface area (Å²) in [5.41, 5.74) is 5.84. The molecule has 102 valence electrons. The number of hydrogen-bond acceptors (Lipinski definition) is 3. The minimum Gasteiger partial charge on any atom is -0.351 e. The lowest BCUT2D eigenvalue weighted by atomic mass is 10.0. The van der Waals surface area contributed by atoms with E-state index in [4.69, 9.17) is 5.73 Å². The van der Waals surface area contributed by atoms with E-state index in [9.17, 15) is 4.79 Å². The van der Waals surface area contributed by atoms with Crippen molar-refractivity contribution >= 4 is 5.91 Å². The minimum absolute atomic E-state index is 0.0293. The van der Waals surface area contributed by atoms with Crippen LogP contribution < -0.4 is 11.1 Å². The van der Waals surface area contributed by atoms with Gasteiger partial charge < -0.3 is 16.0 Å². The van der Waals surface area contributed by atoms with Crippen molar-refractivity contribution in [1.82, 2.24) is 10.2 Å². The summed E-state index contributed by atoms with van der Waals surface area (Å²) in [5.74, 6) is 0.423. The zero-order valence-electron chi connectivity index (χ0n) is 12.0. The van der Waals surface area contributed by atoms with E-state index in [1.165, 1.54) is 0 Å². The molecule has 1 amide bonds. The molecule has 0 fully saturated rings. The van der Waals surface area contributed by atoms with Crippen molar-refractivity contribution in [3.63, 3.8) is 0 Å². The first kappa shape index (κ1) is 16.4. The van der Waals surface area contributed by atoms with E-state index >= 15 is 0 Å². The van der Waals surface area contributed by atoms with Crippen LogP contribution in [0.3, 0.4) is 0 Å². The van der Waals surface area contributed by atoms with Crippen LogP contribution in [0, 0.1) is 5.92 Å². The Labute approximate surface area is 106 Å². The molecule has 4 heteroatoms. The number of nitrogens with two attached hydrogens (primary N) is 1. The van der Waals surface area contributed by atoms with Crippen molar-refractivity contribution in [1.29, 1.82) is 0 Å². The SMILES string of the molecule is CCN(CC)CC(C)NC(=O)C(N)CC(C)C. The molecule has 0 aromatic rings. The highest BCUT2D eigenvalue weighted by Gasteiger charge is 2.17. The van der Waals surface area contributed by atoms with Crippen molar-refractivity contribution < 1.29 is 4.79 Å². The summed E-state index contributed by atoms with van der Waals surface area (Å²) in [5, 5.41) is 2.98. The predicted molar refractivity (Wildman–Crippen MR) is 72.8 cm³/mol. The average molecular weight is 243 g/mol. The van der Waals surface area contributed by atoms with Crippen LogP contribution in [0.1, 0.15) is 41.0 Å². The average Bonchev–Trinajstić information content (AvgIpc) is 2.24. The smallest absolute Gasteiger partial charge is 0.237 e. The van der Waals surface area contributed by atoms with E-state index in [1.54, 1.807) is 0 Å². The third kappa shape index (κ3) is 7.34.